The van der Waals surface area contributed by atoms with Crippen LogP contribution in [0.4, 0.5) is 0 Å². The summed E-state index contributed by atoms with van der Waals surface area (Å²) in [7, 11) is 0. The molecule has 2 heterocycles. The Labute approximate surface area is 167 Å². The summed E-state index contributed by atoms with van der Waals surface area (Å²) in [6.07, 6.45) is 7.99. The van der Waals surface area contributed by atoms with Gasteiger partial charge in [0.15, 0.2) is 5.69 Å². The Kier molecular flexibility index (Phi) is 4.71. The quantitative estimate of drug-likeness (QED) is 0.869. The molecular formula is C23H30N4O. The van der Waals surface area contributed by atoms with Gasteiger partial charge >= 0.3 is 0 Å². The first kappa shape index (κ1) is 17.9. The largest absolute Gasteiger partial charge is 0.337 e. The molecule has 5 nitrogen and oxygen atoms in total. The highest BCUT2D eigenvalue weighted by atomic mass is 16.2. The van der Waals surface area contributed by atoms with E-state index in [1.54, 1.807) is 0 Å². The zero-order valence-corrected chi connectivity index (χ0v) is 16.8. The molecule has 2 fully saturated rings. The molecule has 1 N–H and O–H groups in total. The minimum atomic E-state index is 0.131. The molecular weight excluding hydrogens is 348 g/mol. The fourth-order valence-corrected chi connectivity index (χ4v) is 4.70. The third kappa shape index (κ3) is 3.37. The highest BCUT2D eigenvalue weighted by Crippen LogP contribution is 2.30. The maximum atomic E-state index is 13.3. The summed E-state index contributed by atoms with van der Waals surface area (Å²) >= 11 is 0. The zero-order chi connectivity index (χ0) is 19.1. The lowest BCUT2D eigenvalue weighted by molar-refractivity contribution is 0.0697. The van der Waals surface area contributed by atoms with E-state index in [1.807, 2.05) is 15.6 Å². The van der Waals surface area contributed by atoms with Crippen LogP contribution in [-0.2, 0) is 12.8 Å². The Hall–Kier alpha value is -2.14. The molecule has 0 radical (unpaired) electrons. The third-order valence-electron chi connectivity index (χ3n) is 6.65. The summed E-state index contributed by atoms with van der Waals surface area (Å²) in [6, 6.07) is 8.88. The predicted octanol–water partition coefficient (Wildman–Crippen LogP) is 3.27. The number of nitrogens with one attached hydrogen (secondary N) is 1. The number of aryl methyl sites for hydroxylation is 1. The predicted molar refractivity (Wildman–Crippen MR) is 110 cm³/mol. The number of rotatable bonds is 5. The van der Waals surface area contributed by atoms with E-state index in [9.17, 15) is 4.79 Å². The number of carbonyl (C=O) groups excluding carboxylic acids is 1. The number of likely N-dealkylation sites (tertiary alicyclic amines) is 1. The van der Waals surface area contributed by atoms with Gasteiger partial charge in [-0.25, -0.2) is 4.68 Å². The number of piperidine rings is 1. The SMILES string of the molecule is Cc1ccccc1-n1nc(C(=O)N2CCC(NCC3CC3)CC2)c2c1CCC2. The van der Waals surface area contributed by atoms with E-state index in [4.69, 9.17) is 5.10 Å². The van der Waals surface area contributed by atoms with Gasteiger partial charge in [0.2, 0.25) is 0 Å². The van der Waals surface area contributed by atoms with Crippen LogP contribution in [0.25, 0.3) is 5.69 Å². The number of carbonyl (C=O) groups is 1. The Morgan fingerprint density at radius 2 is 1.93 bits per heavy atom. The number of nitrogens with zero attached hydrogens (tertiary/aromatic N) is 3. The standard InChI is InChI=1S/C23H30N4O/c1-16-5-2-3-7-20(16)27-21-8-4-6-19(21)22(25-27)23(28)26-13-11-18(12-14-26)24-15-17-9-10-17/h2-3,5,7,17-18,24H,4,6,8-15H2,1H3. The van der Waals surface area contributed by atoms with E-state index in [0.717, 1.165) is 63.3 Å². The topological polar surface area (TPSA) is 50.2 Å². The van der Waals surface area contributed by atoms with Gasteiger partial charge in [0.25, 0.3) is 5.91 Å². The first-order valence-corrected chi connectivity index (χ1v) is 10.9. The number of para-hydroxylation sites is 1. The second kappa shape index (κ2) is 7.36. The molecule has 2 aromatic rings. The van der Waals surface area contributed by atoms with E-state index in [-0.39, 0.29) is 5.91 Å². The van der Waals surface area contributed by atoms with Crippen molar-refractivity contribution in [3.8, 4) is 5.69 Å². The number of hydrogen-bond acceptors (Lipinski definition) is 3. The van der Waals surface area contributed by atoms with Gasteiger partial charge in [-0.1, -0.05) is 18.2 Å². The van der Waals surface area contributed by atoms with Gasteiger partial charge in [-0.3, -0.25) is 4.79 Å². The van der Waals surface area contributed by atoms with Crippen LogP contribution < -0.4 is 5.32 Å². The summed E-state index contributed by atoms with van der Waals surface area (Å²) in [6.45, 7) is 4.95. The fourth-order valence-electron chi connectivity index (χ4n) is 4.70. The number of fused-ring (bicyclic) bond motifs is 1. The van der Waals surface area contributed by atoms with Gasteiger partial charge < -0.3 is 10.2 Å². The minimum Gasteiger partial charge on any atom is -0.337 e. The van der Waals surface area contributed by atoms with E-state index >= 15 is 0 Å². The number of amides is 1. The molecule has 3 aliphatic rings. The average Bonchev–Trinajstić information content (AvgIpc) is 3.30. The fraction of sp³-hybridized carbons (Fsp3) is 0.565. The molecule has 0 atom stereocenters. The van der Waals surface area contributed by atoms with Crippen molar-refractivity contribution in [2.75, 3.05) is 19.6 Å². The molecule has 28 heavy (non-hydrogen) atoms. The van der Waals surface area contributed by atoms with Crippen LogP contribution in [-0.4, -0.2) is 46.3 Å². The Morgan fingerprint density at radius 3 is 2.68 bits per heavy atom. The van der Waals surface area contributed by atoms with Crippen LogP contribution in [0.3, 0.4) is 0 Å². The lowest BCUT2D eigenvalue weighted by Gasteiger charge is -2.32. The van der Waals surface area contributed by atoms with Gasteiger partial charge in [-0.15, -0.1) is 0 Å². The number of benzene rings is 1. The Balaban J connectivity index is 1.33. The first-order chi connectivity index (χ1) is 13.7. The van der Waals surface area contributed by atoms with Gasteiger partial charge in [0.05, 0.1) is 5.69 Å². The van der Waals surface area contributed by atoms with Crippen LogP contribution in [0.5, 0.6) is 0 Å². The summed E-state index contributed by atoms with van der Waals surface area (Å²) in [5.41, 5.74) is 5.41. The lowest BCUT2D eigenvalue weighted by atomic mass is 10.0. The molecule has 2 aliphatic carbocycles. The molecule has 148 valence electrons. The van der Waals surface area contributed by atoms with Crippen molar-refractivity contribution >= 4 is 5.91 Å². The van der Waals surface area contributed by atoms with Crippen molar-refractivity contribution in [3.63, 3.8) is 0 Å². The van der Waals surface area contributed by atoms with E-state index < -0.39 is 0 Å². The monoisotopic (exact) mass is 378 g/mol. The molecule has 1 aliphatic heterocycles. The molecule has 0 spiro atoms. The molecule has 1 aromatic carbocycles. The summed E-state index contributed by atoms with van der Waals surface area (Å²) in [4.78, 5) is 15.3. The van der Waals surface area contributed by atoms with Crippen LogP contribution in [0.15, 0.2) is 24.3 Å². The maximum Gasteiger partial charge on any atom is 0.274 e. The summed E-state index contributed by atoms with van der Waals surface area (Å²) < 4.78 is 2.04. The molecule has 5 rings (SSSR count). The molecule has 1 aromatic heterocycles. The van der Waals surface area contributed by atoms with E-state index in [0.29, 0.717) is 11.7 Å². The molecule has 0 bridgehead atoms. The number of aromatic nitrogens is 2. The normalized spacial score (nSPS) is 19.8. The Bertz CT molecular complexity index is 875. The minimum absolute atomic E-state index is 0.131. The molecule has 1 saturated heterocycles. The maximum absolute atomic E-state index is 13.3. The van der Waals surface area contributed by atoms with Crippen LogP contribution in [0.2, 0.25) is 0 Å². The summed E-state index contributed by atoms with van der Waals surface area (Å²) in [5.74, 6) is 1.04. The lowest BCUT2D eigenvalue weighted by Crippen LogP contribution is -2.45. The van der Waals surface area contributed by atoms with Crippen LogP contribution in [0, 0.1) is 12.8 Å². The summed E-state index contributed by atoms with van der Waals surface area (Å²) in [5, 5.41) is 8.53. The van der Waals surface area contributed by atoms with Crippen molar-refractivity contribution in [3.05, 3.63) is 46.8 Å². The second-order valence-corrected chi connectivity index (χ2v) is 8.74. The second-order valence-electron chi connectivity index (χ2n) is 8.74. The highest BCUT2D eigenvalue weighted by molar-refractivity contribution is 5.94. The van der Waals surface area contributed by atoms with Crippen LogP contribution >= 0.6 is 0 Å². The third-order valence-corrected chi connectivity index (χ3v) is 6.65. The van der Waals surface area contributed by atoms with Crippen molar-refractivity contribution in [1.82, 2.24) is 20.0 Å². The van der Waals surface area contributed by atoms with Crippen molar-refractivity contribution in [2.24, 2.45) is 5.92 Å². The molecule has 1 saturated carbocycles. The van der Waals surface area contributed by atoms with Gasteiger partial charge in [0, 0.05) is 30.4 Å². The van der Waals surface area contributed by atoms with Gasteiger partial charge in [0.1, 0.15) is 0 Å². The smallest absolute Gasteiger partial charge is 0.274 e. The molecule has 5 heteroatoms. The zero-order valence-electron chi connectivity index (χ0n) is 16.8. The molecule has 0 unspecified atom stereocenters. The average molecular weight is 379 g/mol. The highest BCUT2D eigenvalue weighted by Gasteiger charge is 2.32. The molecule has 1 amide bonds. The first-order valence-electron chi connectivity index (χ1n) is 10.9. The Morgan fingerprint density at radius 1 is 1.14 bits per heavy atom. The van der Waals surface area contributed by atoms with Crippen molar-refractivity contribution in [1.29, 1.82) is 0 Å². The van der Waals surface area contributed by atoms with Crippen LogP contribution in [0.1, 0.15) is 59.4 Å². The van der Waals surface area contributed by atoms with Gasteiger partial charge in [-0.05, 0) is 76.0 Å². The van der Waals surface area contributed by atoms with Crippen molar-refractivity contribution in [2.45, 2.75) is 57.9 Å². The number of hydrogen-bond donors (Lipinski definition) is 1. The van der Waals surface area contributed by atoms with E-state index in [2.05, 4.69) is 30.4 Å². The van der Waals surface area contributed by atoms with E-state index in [1.165, 1.54) is 29.7 Å². The van der Waals surface area contributed by atoms with Gasteiger partial charge in [-0.2, -0.15) is 5.10 Å². The van der Waals surface area contributed by atoms with Crippen molar-refractivity contribution < 1.29 is 4.79 Å².